The highest BCUT2D eigenvalue weighted by Crippen LogP contribution is 2.24. The second kappa shape index (κ2) is 8.28. The van der Waals surface area contributed by atoms with Gasteiger partial charge in [0, 0.05) is 13.0 Å². The van der Waals surface area contributed by atoms with Crippen LogP contribution in [-0.4, -0.2) is 17.8 Å². The Kier molecular flexibility index (Phi) is 7.71. The third-order valence-corrected chi connectivity index (χ3v) is 2.54. The van der Waals surface area contributed by atoms with E-state index in [1.54, 1.807) is 6.92 Å². The van der Waals surface area contributed by atoms with Crippen molar-refractivity contribution in [3.8, 4) is 12.3 Å². The first-order chi connectivity index (χ1) is 7.17. The third kappa shape index (κ3) is 5.41. The standard InChI is InChI=1S/C13H21NO/c1-4-8-12(5-2)13(11(3)15)9-6-7-10-14/h1,5-7,11-13,15H,2,8-10,14H2,3H3/b7-6-. The minimum atomic E-state index is -0.385. The molecule has 0 amide bonds. The highest BCUT2D eigenvalue weighted by molar-refractivity contribution is 4.99. The van der Waals surface area contributed by atoms with Crippen molar-refractivity contribution in [1.29, 1.82) is 0 Å². The van der Waals surface area contributed by atoms with Crippen LogP contribution in [0.15, 0.2) is 24.8 Å². The van der Waals surface area contributed by atoms with Gasteiger partial charge in [0.1, 0.15) is 0 Å². The van der Waals surface area contributed by atoms with Crippen LogP contribution < -0.4 is 5.73 Å². The molecule has 0 bridgehead atoms. The first kappa shape index (κ1) is 14.0. The van der Waals surface area contributed by atoms with E-state index < -0.39 is 0 Å². The third-order valence-electron chi connectivity index (χ3n) is 2.54. The predicted octanol–water partition coefficient (Wildman–Crippen LogP) is 1.71. The van der Waals surface area contributed by atoms with Gasteiger partial charge in [-0.15, -0.1) is 18.9 Å². The molecule has 0 spiro atoms. The molecule has 0 aromatic heterocycles. The van der Waals surface area contributed by atoms with Gasteiger partial charge in [0.15, 0.2) is 0 Å². The molecule has 0 heterocycles. The van der Waals surface area contributed by atoms with E-state index in [1.807, 2.05) is 18.2 Å². The van der Waals surface area contributed by atoms with Crippen molar-refractivity contribution >= 4 is 0 Å². The summed E-state index contributed by atoms with van der Waals surface area (Å²) >= 11 is 0. The van der Waals surface area contributed by atoms with Gasteiger partial charge in [-0.1, -0.05) is 18.2 Å². The SMILES string of the molecule is C#CCC(C=C)C(C/C=C\CN)C(C)O. The van der Waals surface area contributed by atoms with Crippen LogP contribution in [0, 0.1) is 24.2 Å². The summed E-state index contributed by atoms with van der Waals surface area (Å²) in [5.41, 5.74) is 5.36. The second-order valence-electron chi connectivity index (χ2n) is 3.66. The number of allylic oxidation sites excluding steroid dienone is 2. The molecule has 3 atom stereocenters. The highest BCUT2D eigenvalue weighted by Gasteiger charge is 2.21. The fourth-order valence-corrected chi connectivity index (χ4v) is 1.62. The van der Waals surface area contributed by atoms with Gasteiger partial charge in [0.25, 0.3) is 0 Å². The van der Waals surface area contributed by atoms with Crippen LogP contribution in [-0.2, 0) is 0 Å². The summed E-state index contributed by atoms with van der Waals surface area (Å²) in [7, 11) is 0. The molecule has 15 heavy (non-hydrogen) atoms. The molecule has 0 aliphatic carbocycles. The van der Waals surface area contributed by atoms with E-state index in [4.69, 9.17) is 12.2 Å². The molecule has 0 aromatic carbocycles. The maximum absolute atomic E-state index is 9.66. The number of rotatable bonds is 7. The molecule has 0 saturated heterocycles. The van der Waals surface area contributed by atoms with Gasteiger partial charge < -0.3 is 10.8 Å². The Morgan fingerprint density at radius 1 is 1.53 bits per heavy atom. The van der Waals surface area contributed by atoms with Crippen molar-refractivity contribution < 1.29 is 5.11 Å². The molecule has 3 unspecified atom stereocenters. The summed E-state index contributed by atoms with van der Waals surface area (Å²) in [5.74, 6) is 2.90. The van der Waals surface area contributed by atoms with Crippen molar-refractivity contribution in [3.05, 3.63) is 24.8 Å². The largest absolute Gasteiger partial charge is 0.393 e. The van der Waals surface area contributed by atoms with Crippen LogP contribution in [0.4, 0.5) is 0 Å². The minimum absolute atomic E-state index is 0.126. The van der Waals surface area contributed by atoms with E-state index in [9.17, 15) is 5.11 Å². The summed E-state index contributed by atoms with van der Waals surface area (Å²) < 4.78 is 0. The molecular formula is C13H21NO. The molecule has 0 radical (unpaired) electrons. The molecule has 0 saturated carbocycles. The number of hydrogen-bond acceptors (Lipinski definition) is 2. The van der Waals surface area contributed by atoms with Crippen molar-refractivity contribution in [2.24, 2.45) is 17.6 Å². The van der Waals surface area contributed by atoms with Gasteiger partial charge in [-0.25, -0.2) is 0 Å². The summed E-state index contributed by atoms with van der Waals surface area (Å²) in [6.45, 7) is 6.07. The van der Waals surface area contributed by atoms with Gasteiger partial charge in [0.05, 0.1) is 6.10 Å². The monoisotopic (exact) mass is 207 g/mol. The molecule has 3 N–H and O–H groups in total. The molecule has 2 nitrogen and oxygen atoms in total. The Labute approximate surface area is 92.9 Å². The average Bonchev–Trinajstić information content (AvgIpc) is 2.21. The number of aliphatic hydroxyl groups excluding tert-OH is 1. The first-order valence-electron chi connectivity index (χ1n) is 5.26. The number of hydrogen-bond donors (Lipinski definition) is 2. The zero-order valence-electron chi connectivity index (χ0n) is 9.39. The lowest BCUT2D eigenvalue weighted by Gasteiger charge is -2.24. The van der Waals surface area contributed by atoms with Crippen molar-refractivity contribution in [2.75, 3.05) is 6.54 Å². The molecule has 2 heteroatoms. The summed E-state index contributed by atoms with van der Waals surface area (Å²) in [6, 6.07) is 0. The van der Waals surface area contributed by atoms with Crippen LogP contribution in [0.1, 0.15) is 19.8 Å². The van der Waals surface area contributed by atoms with Crippen molar-refractivity contribution in [3.63, 3.8) is 0 Å². The number of aliphatic hydroxyl groups is 1. The predicted molar refractivity (Wildman–Crippen MR) is 65.1 cm³/mol. The minimum Gasteiger partial charge on any atom is -0.393 e. The van der Waals surface area contributed by atoms with Crippen LogP contribution in [0.2, 0.25) is 0 Å². The molecule has 84 valence electrons. The van der Waals surface area contributed by atoms with Crippen molar-refractivity contribution in [2.45, 2.75) is 25.9 Å². The number of nitrogens with two attached hydrogens (primary N) is 1. The zero-order chi connectivity index (χ0) is 11.7. The lowest BCUT2D eigenvalue weighted by Crippen LogP contribution is -2.24. The van der Waals surface area contributed by atoms with E-state index in [0.717, 1.165) is 6.42 Å². The lowest BCUT2D eigenvalue weighted by atomic mass is 9.83. The lowest BCUT2D eigenvalue weighted by molar-refractivity contribution is 0.103. The quantitative estimate of drug-likeness (QED) is 0.493. The smallest absolute Gasteiger partial charge is 0.0549 e. The maximum atomic E-state index is 9.66. The summed E-state index contributed by atoms with van der Waals surface area (Å²) in [6.07, 6.45) is 12.0. The second-order valence-corrected chi connectivity index (χ2v) is 3.66. The van der Waals surface area contributed by atoms with E-state index in [2.05, 4.69) is 12.5 Å². The Balaban J connectivity index is 4.42. The topological polar surface area (TPSA) is 46.2 Å². The van der Waals surface area contributed by atoms with Gasteiger partial charge in [-0.2, -0.15) is 0 Å². The number of terminal acetylenes is 1. The van der Waals surface area contributed by atoms with E-state index in [-0.39, 0.29) is 17.9 Å². The van der Waals surface area contributed by atoms with Gasteiger partial charge >= 0.3 is 0 Å². The maximum Gasteiger partial charge on any atom is 0.0549 e. The Bertz CT molecular complexity index is 237. The molecule has 0 aromatic rings. The molecule has 0 aliphatic heterocycles. The van der Waals surface area contributed by atoms with E-state index >= 15 is 0 Å². The Morgan fingerprint density at radius 2 is 2.20 bits per heavy atom. The zero-order valence-corrected chi connectivity index (χ0v) is 9.39. The molecular weight excluding hydrogens is 186 g/mol. The van der Waals surface area contributed by atoms with Gasteiger partial charge in [-0.3, -0.25) is 0 Å². The van der Waals surface area contributed by atoms with Crippen LogP contribution in [0.25, 0.3) is 0 Å². The first-order valence-corrected chi connectivity index (χ1v) is 5.26. The van der Waals surface area contributed by atoms with Crippen molar-refractivity contribution in [1.82, 2.24) is 0 Å². The van der Waals surface area contributed by atoms with Crippen LogP contribution in [0.5, 0.6) is 0 Å². The fraction of sp³-hybridized carbons (Fsp3) is 0.538. The van der Waals surface area contributed by atoms with Gasteiger partial charge in [-0.05, 0) is 25.2 Å². The van der Waals surface area contributed by atoms with Crippen LogP contribution in [0.3, 0.4) is 0 Å². The average molecular weight is 207 g/mol. The molecule has 0 aliphatic rings. The molecule has 0 fully saturated rings. The Morgan fingerprint density at radius 3 is 2.60 bits per heavy atom. The van der Waals surface area contributed by atoms with E-state index in [1.165, 1.54) is 0 Å². The van der Waals surface area contributed by atoms with Crippen LogP contribution >= 0.6 is 0 Å². The summed E-state index contributed by atoms with van der Waals surface area (Å²) in [4.78, 5) is 0. The molecule has 0 rings (SSSR count). The summed E-state index contributed by atoms with van der Waals surface area (Å²) in [5, 5.41) is 9.66. The van der Waals surface area contributed by atoms with E-state index in [0.29, 0.717) is 13.0 Å². The highest BCUT2D eigenvalue weighted by atomic mass is 16.3. The fourth-order valence-electron chi connectivity index (χ4n) is 1.62. The Hall–Kier alpha value is -1.04. The van der Waals surface area contributed by atoms with Gasteiger partial charge in [0.2, 0.25) is 0 Å². The normalized spacial score (nSPS) is 16.9.